The van der Waals surface area contributed by atoms with Gasteiger partial charge in [-0.15, -0.1) is 0 Å². The van der Waals surface area contributed by atoms with Crippen LogP contribution in [0.4, 0.5) is 5.69 Å². The first-order chi connectivity index (χ1) is 8.69. The lowest BCUT2D eigenvalue weighted by atomic mass is 10.1. The van der Waals surface area contributed by atoms with Crippen molar-refractivity contribution >= 4 is 11.6 Å². The van der Waals surface area contributed by atoms with Crippen molar-refractivity contribution in [3.05, 3.63) is 29.3 Å². The minimum atomic E-state index is 0.0846. The highest BCUT2D eigenvalue weighted by Crippen LogP contribution is 2.24. The Morgan fingerprint density at radius 1 is 1.33 bits per heavy atom. The highest BCUT2D eigenvalue weighted by molar-refractivity contribution is 5.91. The predicted molar refractivity (Wildman–Crippen MR) is 74.9 cm³/mol. The van der Waals surface area contributed by atoms with Gasteiger partial charge in [0.05, 0.1) is 0 Å². The second kappa shape index (κ2) is 6.01. The maximum Gasteiger partial charge on any atom is 0.225 e. The lowest BCUT2D eigenvalue weighted by molar-refractivity contribution is -0.116. The fourth-order valence-electron chi connectivity index (χ4n) is 2.56. The Bertz CT molecular complexity index is 429. The van der Waals surface area contributed by atoms with E-state index in [1.165, 1.54) is 24.0 Å². The summed E-state index contributed by atoms with van der Waals surface area (Å²) in [6.45, 7) is 4.98. The van der Waals surface area contributed by atoms with E-state index in [0.717, 1.165) is 18.7 Å². The molecular weight excluding hydrogens is 224 g/mol. The zero-order chi connectivity index (χ0) is 13.0. The lowest BCUT2D eigenvalue weighted by Crippen LogP contribution is -2.30. The molecule has 0 aromatic heterocycles. The normalized spacial score (nSPS) is 15.2. The van der Waals surface area contributed by atoms with Gasteiger partial charge in [-0.3, -0.25) is 4.79 Å². The van der Waals surface area contributed by atoms with Gasteiger partial charge in [-0.1, -0.05) is 13.0 Å². The molecule has 2 rings (SSSR count). The van der Waals surface area contributed by atoms with Gasteiger partial charge in [-0.05, 0) is 56.0 Å². The highest BCUT2D eigenvalue weighted by atomic mass is 16.1. The summed E-state index contributed by atoms with van der Waals surface area (Å²) in [5.41, 5.74) is 3.77. The molecule has 2 N–H and O–H groups in total. The summed E-state index contributed by atoms with van der Waals surface area (Å²) in [6, 6.07) is 6.51. The van der Waals surface area contributed by atoms with Gasteiger partial charge in [0.1, 0.15) is 0 Å². The van der Waals surface area contributed by atoms with E-state index in [1.807, 2.05) is 13.0 Å². The summed E-state index contributed by atoms with van der Waals surface area (Å²) >= 11 is 0. The number of rotatable bonds is 5. The molecule has 0 aliphatic heterocycles. The number of aryl methyl sites for hydroxylation is 2. The summed E-state index contributed by atoms with van der Waals surface area (Å²) in [4.78, 5) is 11.8. The Morgan fingerprint density at radius 2 is 2.11 bits per heavy atom. The molecular formula is C15H22N2O. The van der Waals surface area contributed by atoms with Crippen LogP contribution in [0.1, 0.15) is 37.8 Å². The van der Waals surface area contributed by atoms with Gasteiger partial charge in [0.15, 0.2) is 0 Å². The molecule has 0 bridgehead atoms. The number of amides is 1. The molecule has 3 heteroatoms. The molecule has 1 aliphatic rings. The van der Waals surface area contributed by atoms with E-state index in [2.05, 4.69) is 29.7 Å². The van der Waals surface area contributed by atoms with E-state index < -0.39 is 0 Å². The van der Waals surface area contributed by atoms with Crippen molar-refractivity contribution in [1.29, 1.82) is 0 Å². The standard InChI is InChI=1S/C15H22N2O/c1-3-16-11(2)9-15(18)17-14-8-7-12-5-4-6-13(12)10-14/h7-8,10-11,16H,3-6,9H2,1-2H3,(H,17,18). The van der Waals surface area contributed by atoms with Crippen LogP contribution in [0.5, 0.6) is 0 Å². The summed E-state index contributed by atoms with van der Waals surface area (Å²) in [7, 11) is 0. The topological polar surface area (TPSA) is 41.1 Å². The van der Waals surface area contributed by atoms with Crippen LogP contribution in [-0.2, 0) is 17.6 Å². The highest BCUT2D eigenvalue weighted by Gasteiger charge is 2.12. The first kappa shape index (κ1) is 13.1. The third-order valence-corrected chi connectivity index (χ3v) is 3.43. The fraction of sp³-hybridized carbons (Fsp3) is 0.533. The number of carbonyl (C=O) groups is 1. The van der Waals surface area contributed by atoms with Crippen LogP contribution in [0.3, 0.4) is 0 Å². The molecule has 0 spiro atoms. The average Bonchev–Trinajstić information content (AvgIpc) is 2.76. The number of anilines is 1. The van der Waals surface area contributed by atoms with Crippen molar-refractivity contribution in [3.63, 3.8) is 0 Å². The number of carbonyl (C=O) groups excluding carboxylic acids is 1. The van der Waals surface area contributed by atoms with E-state index in [1.54, 1.807) is 0 Å². The Morgan fingerprint density at radius 3 is 2.89 bits per heavy atom. The molecule has 0 heterocycles. The van der Waals surface area contributed by atoms with Gasteiger partial charge < -0.3 is 10.6 Å². The molecule has 1 unspecified atom stereocenters. The zero-order valence-electron chi connectivity index (χ0n) is 11.3. The molecule has 0 saturated heterocycles. The molecule has 18 heavy (non-hydrogen) atoms. The summed E-state index contributed by atoms with van der Waals surface area (Å²) in [6.07, 6.45) is 4.09. The van der Waals surface area contributed by atoms with Crippen LogP contribution in [-0.4, -0.2) is 18.5 Å². The minimum Gasteiger partial charge on any atom is -0.326 e. The fourth-order valence-corrected chi connectivity index (χ4v) is 2.56. The molecule has 1 atom stereocenters. The average molecular weight is 246 g/mol. The molecule has 1 amide bonds. The Balaban J connectivity index is 1.91. The van der Waals surface area contributed by atoms with E-state index in [0.29, 0.717) is 6.42 Å². The Labute approximate surface area is 109 Å². The van der Waals surface area contributed by atoms with Gasteiger partial charge in [-0.25, -0.2) is 0 Å². The monoisotopic (exact) mass is 246 g/mol. The van der Waals surface area contributed by atoms with Crippen molar-refractivity contribution in [2.75, 3.05) is 11.9 Å². The molecule has 1 aromatic carbocycles. The van der Waals surface area contributed by atoms with Crippen LogP contribution >= 0.6 is 0 Å². The van der Waals surface area contributed by atoms with E-state index in [-0.39, 0.29) is 11.9 Å². The number of hydrogen-bond acceptors (Lipinski definition) is 2. The summed E-state index contributed by atoms with van der Waals surface area (Å²) in [5.74, 6) is 0.0846. The van der Waals surface area contributed by atoms with Crippen molar-refractivity contribution in [3.8, 4) is 0 Å². The molecule has 3 nitrogen and oxygen atoms in total. The second-order valence-corrected chi connectivity index (χ2v) is 5.05. The van der Waals surface area contributed by atoms with Crippen LogP contribution in [0, 0.1) is 0 Å². The van der Waals surface area contributed by atoms with Gasteiger partial charge in [-0.2, -0.15) is 0 Å². The van der Waals surface area contributed by atoms with Crippen LogP contribution < -0.4 is 10.6 Å². The number of fused-ring (bicyclic) bond motifs is 1. The number of nitrogens with one attached hydrogen (secondary N) is 2. The Hall–Kier alpha value is -1.35. The third-order valence-electron chi connectivity index (χ3n) is 3.43. The van der Waals surface area contributed by atoms with Crippen molar-refractivity contribution < 1.29 is 4.79 Å². The summed E-state index contributed by atoms with van der Waals surface area (Å²) in [5, 5.41) is 6.23. The van der Waals surface area contributed by atoms with Crippen molar-refractivity contribution in [2.24, 2.45) is 0 Å². The van der Waals surface area contributed by atoms with E-state index >= 15 is 0 Å². The van der Waals surface area contributed by atoms with E-state index in [4.69, 9.17) is 0 Å². The number of hydrogen-bond donors (Lipinski definition) is 2. The number of benzene rings is 1. The molecule has 0 fully saturated rings. The summed E-state index contributed by atoms with van der Waals surface area (Å²) < 4.78 is 0. The van der Waals surface area contributed by atoms with Crippen LogP contribution in [0.15, 0.2) is 18.2 Å². The van der Waals surface area contributed by atoms with Crippen molar-refractivity contribution in [1.82, 2.24) is 5.32 Å². The SMILES string of the molecule is CCNC(C)CC(=O)Nc1ccc2c(c1)CCC2. The quantitative estimate of drug-likeness (QED) is 0.838. The molecule has 1 aliphatic carbocycles. The predicted octanol–water partition coefficient (Wildman–Crippen LogP) is 2.50. The smallest absolute Gasteiger partial charge is 0.225 e. The first-order valence-corrected chi connectivity index (χ1v) is 6.84. The van der Waals surface area contributed by atoms with Gasteiger partial charge in [0.2, 0.25) is 5.91 Å². The van der Waals surface area contributed by atoms with E-state index in [9.17, 15) is 4.79 Å². The van der Waals surface area contributed by atoms with Gasteiger partial charge >= 0.3 is 0 Å². The largest absolute Gasteiger partial charge is 0.326 e. The van der Waals surface area contributed by atoms with Gasteiger partial charge in [0.25, 0.3) is 0 Å². The maximum atomic E-state index is 11.8. The molecule has 1 aromatic rings. The third kappa shape index (κ3) is 3.33. The lowest BCUT2D eigenvalue weighted by Gasteiger charge is -2.12. The maximum absolute atomic E-state index is 11.8. The minimum absolute atomic E-state index is 0.0846. The molecule has 0 saturated carbocycles. The molecule has 98 valence electrons. The second-order valence-electron chi connectivity index (χ2n) is 5.05. The Kier molecular flexibility index (Phi) is 4.37. The van der Waals surface area contributed by atoms with Gasteiger partial charge in [0, 0.05) is 18.2 Å². The molecule has 0 radical (unpaired) electrons. The van der Waals surface area contributed by atoms with Crippen LogP contribution in [0.25, 0.3) is 0 Å². The van der Waals surface area contributed by atoms with Crippen molar-refractivity contribution in [2.45, 2.75) is 45.6 Å². The zero-order valence-corrected chi connectivity index (χ0v) is 11.3. The van der Waals surface area contributed by atoms with Crippen LogP contribution in [0.2, 0.25) is 0 Å². The first-order valence-electron chi connectivity index (χ1n) is 6.84.